The maximum absolute atomic E-state index is 12.1. The Morgan fingerprint density at radius 1 is 1.53 bits per heavy atom. The van der Waals surface area contributed by atoms with Crippen molar-refractivity contribution >= 4 is 12.0 Å². The molecule has 2 fully saturated rings. The van der Waals surface area contributed by atoms with Crippen molar-refractivity contribution in [2.24, 2.45) is 5.41 Å². The molecule has 2 heterocycles. The topological polar surface area (TPSA) is 72.9 Å². The lowest BCUT2D eigenvalue weighted by Crippen LogP contribution is -2.49. The minimum Gasteiger partial charge on any atom is -0.481 e. The van der Waals surface area contributed by atoms with Gasteiger partial charge in [-0.3, -0.25) is 4.79 Å². The van der Waals surface area contributed by atoms with Crippen LogP contribution in [0.2, 0.25) is 0 Å². The van der Waals surface area contributed by atoms with Gasteiger partial charge in [0, 0.05) is 32.7 Å². The summed E-state index contributed by atoms with van der Waals surface area (Å²) in [5, 5.41) is 12.4. The van der Waals surface area contributed by atoms with Gasteiger partial charge in [0.25, 0.3) is 0 Å². The van der Waals surface area contributed by atoms with Gasteiger partial charge in [-0.1, -0.05) is 0 Å². The third-order valence-electron chi connectivity index (χ3n) is 4.11. The van der Waals surface area contributed by atoms with E-state index in [4.69, 9.17) is 5.11 Å². The summed E-state index contributed by atoms with van der Waals surface area (Å²) in [7, 11) is 0. The standard InChI is InChI=1S/C13H23N3O3/c1-13(2,11(17)18)4-3-6-15-9-10-8-14-5-7-16(10)12(15)19/h10,14H,3-9H2,1-2H3,(H,17,18)/t10-/m1/s1. The van der Waals surface area contributed by atoms with Crippen molar-refractivity contribution < 1.29 is 14.7 Å². The van der Waals surface area contributed by atoms with Crippen molar-refractivity contribution in [2.45, 2.75) is 32.7 Å². The molecule has 108 valence electrons. The molecule has 1 atom stereocenters. The predicted molar refractivity (Wildman–Crippen MR) is 71.0 cm³/mol. The number of carboxylic acids is 1. The van der Waals surface area contributed by atoms with Crippen LogP contribution < -0.4 is 5.32 Å². The molecule has 0 aliphatic carbocycles. The van der Waals surface area contributed by atoms with Crippen molar-refractivity contribution in [1.29, 1.82) is 0 Å². The molecular weight excluding hydrogens is 246 g/mol. The van der Waals surface area contributed by atoms with E-state index < -0.39 is 11.4 Å². The third kappa shape index (κ3) is 3.00. The number of hydrogen-bond acceptors (Lipinski definition) is 3. The van der Waals surface area contributed by atoms with Crippen molar-refractivity contribution in [3.05, 3.63) is 0 Å². The minimum absolute atomic E-state index is 0.111. The molecule has 0 spiro atoms. The van der Waals surface area contributed by atoms with Gasteiger partial charge in [-0.05, 0) is 26.7 Å². The molecule has 2 amide bonds. The first kappa shape index (κ1) is 14.1. The van der Waals surface area contributed by atoms with Gasteiger partial charge in [-0.2, -0.15) is 0 Å². The van der Waals surface area contributed by atoms with Crippen LogP contribution in [0.5, 0.6) is 0 Å². The molecule has 0 aromatic carbocycles. The Bertz CT molecular complexity index is 370. The smallest absolute Gasteiger partial charge is 0.320 e. The lowest BCUT2D eigenvalue weighted by Gasteiger charge is -2.28. The number of aliphatic carboxylic acids is 1. The molecule has 6 nitrogen and oxygen atoms in total. The van der Waals surface area contributed by atoms with Crippen LogP contribution in [-0.2, 0) is 4.79 Å². The normalized spacial score (nSPS) is 23.7. The molecule has 0 aromatic heterocycles. The SMILES string of the molecule is CC(C)(CCCN1C[C@H]2CNCCN2C1=O)C(=O)O. The van der Waals surface area contributed by atoms with E-state index in [0.717, 1.165) is 32.6 Å². The number of fused-ring (bicyclic) bond motifs is 1. The number of nitrogens with zero attached hydrogens (tertiary/aromatic N) is 2. The van der Waals surface area contributed by atoms with Crippen LogP contribution in [0.15, 0.2) is 0 Å². The maximum Gasteiger partial charge on any atom is 0.320 e. The maximum atomic E-state index is 12.1. The van der Waals surface area contributed by atoms with Crippen LogP contribution >= 0.6 is 0 Å². The zero-order valence-corrected chi connectivity index (χ0v) is 11.7. The number of carbonyl (C=O) groups excluding carboxylic acids is 1. The fourth-order valence-corrected chi connectivity index (χ4v) is 2.70. The number of carboxylic acid groups (broad SMARTS) is 1. The first-order valence-corrected chi connectivity index (χ1v) is 6.91. The largest absolute Gasteiger partial charge is 0.481 e. The van der Waals surface area contributed by atoms with E-state index in [1.807, 2.05) is 9.80 Å². The summed E-state index contributed by atoms with van der Waals surface area (Å²) in [5.41, 5.74) is -0.711. The highest BCUT2D eigenvalue weighted by Gasteiger charge is 2.38. The lowest BCUT2D eigenvalue weighted by atomic mass is 9.88. The molecule has 2 N–H and O–H groups in total. The number of carbonyl (C=O) groups is 2. The van der Waals surface area contributed by atoms with Gasteiger partial charge in [-0.15, -0.1) is 0 Å². The second-order valence-corrected chi connectivity index (χ2v) is 6.07. The number of hydrogen-bond donors (Lipinski definition) is 2. The monoisotopic (exact) mass is 269 g/mol. The van der Waals surface area contributed by atoms with Crippen molar-refractivity contribution in [3.8, 4) is 0 Å². The molecule has 2 aliphatic rings. The number of urea groups is 1. The third-order valence-corrected chi connectivity index (χ3v) is 4.11. The summed E-state index contributed by atoms with van der Waals surface area (Å²) in [6.07, 6.45) is 1.33. The van der Waals surface area contributed by atoms with Gasteiger partial charge in [0.05, 0.1) is 11.5 Å². The molecule has 2 aliphatic heterocycles. The minimum atomic E-state index is -0.776. The Morgan fingerprint density at radius 2 is 2.26 bits per heavy atom. The zero-order chi connectivity index (χ0) is 14.0. The first-order valence-electron chi connectivity index (χ1n) is 6.91. The van der Waals surface area contributed by atoms with E-state index in [1.54, 1.807) is 13.8 Å². The van der Waals surface area contributed by atoms with E-state index in [0.29, 0.717) is 13.0 Å². The quantitative estimate of drug-likeness (QED) is 0.766. The zero-order valence-electron chi connectivity index (χ0n) is 11.7. The number of amides is 2. The Labute approximate surface area is 113 Å². The highest BCUT2D eigenvalue weighted by Crippen LogP contribution is 2.24. The summed E-state index contributed by atoms with van der Waals surface area (Å²) in [6.45, 7) is 7.39. The van der Waals surface area contributed by atoms with E-state index in [1.165, 1.54) is 0 Å². The van der Waals surface area contributed by atoms with Gasteiger partial charge in [-0.25, -0.2) is 4.79 Å². The molecule has 0 radical (unpaired) electrons. The molecular formula is C13H23N3O3. The molecule has 0 saturated carbocycles. The summed E-state index contributed by atoms with van der Waals surface area (Å²) < 4.78 is 0. The fourth-order valence-electron chi connectivity index (χ4n) is 2.70. The van der Waals surface area contributed by atoms with Crippen LogP contribution in [0.3, 0.4) is 0 Å². The highest BCUT2D eigenvalue weighted by atomic mass is 16.4. The van der Waals surface area contributed by atoms with Crippen molar-refractivity contribution in [3.63, 3.8) is 0 Å². The molecule has 0 unspecified atom stereocenters. The van der Waals surface area contributed by atoms with Crippen LogP contribution in [0.4, 0.5) is 4.79 Å². The Balaban J connectivity index is 1.81. The number of nitrogens with one attached hydrogen (secondary N) is 1. The second kappa shape index (κ2) is 5.36. The van der Waals surface area contributed by atoms with Gasteiger partial charge in [0.15, 0.2) is 0 Å². The average molecular weight is 269 g/mol. The molecule has 2 saturated heterocycles. The van der Waals surface area contributed by atoms with Gasteiger partial charge in [0.1, 0.15) is 0 Å². The van der Waals surface area contributed by atoms with E-state index >= 15 is 0 Å². The van der Waals surface area contributed by atoms with Crippen LogP contribution in [0.1, 0.15) is 26.7 Å². The first-order chi connectivity index (χ1) is 8.92. The molecule has 0 aromatic rings. The van der Waals surface area contributed by atoms with E-state index in [9.17, 15) is 9.59 Å². The highest BCUT2D eigenvalue weighted by molar-refractivity contribution is 5.77. The lowest BCUT2D eigenvalue weighted by molar-refractivity contribution is -0.147. The Morgan fingerprint density at radius 3 is 2.89 bits per heavy atom. The molecule has 19 heavy (non-hydrogen) atoms. The van der Waals surface area contributed by atoms with Crippen LogP contribution in [0.25, 0.3) is 0 Å². The summed E-state index contributed by atoms with van der Waals surface area (Å²) in [4.78, 5) is 26.9. The van der Waals surface area contributed by atoms with Gasteiger partial charge in [0.2, 0.25) is 0 Å². The predicted octanol–water partition coefficient (Wildman–Crippen LogP) is 0.587. The second-order valence-electron chi connectivity index (χ2n) is 6.07. The van der Waals surface area contributed by atoms with Crippen LogP contribution in [0, 0.1) is 5.41 Å². The van der Waals surface area contributed by atoms with E-state index in [2.05, 4.69) is 5.32 Å². The van der Waals surface area contributed by atoms with Gasteiger partial charge < -0.3 is 20.2 Å². The fraction of sp³-hybridized carbons (Fsp3) is 0.846. The average Bonchev–Trinajstić information content (AvgIpc) is 2.67. The van der Waals surface area contributed by atoms with E-state index in [-0.39, 0.29) is 12.1 Å². The molecule has 0 bridgehead atoms. The Hall–Kier alpha value is -1.30. The van der Waals surface area contributed by atoms with Crippen molar-refractivity contribution in [2.75, 3.05) is 32.7 Å². The summed E-state index contributed by atoms with van der Waals surface area (Å²) in [5.74, 6) is -0.776. The summed E-state index contributed by atoms with van der Waals surface area (Å²) >= 11 is 0. The summed E-state index contributed by atoms with van der Waals surface area (Å²) in [6, 6.07) is 0.397. The number of piperazine rings is 1. The Kier molecular flexibility index (Phi) is 3.99. The molecule has 2 rings (SSSR count). The van der Waals surface area contributed by atoms with Crippen LogP contribution in [-0.4, -0.2) is 65.7 Å². The van der Waals surface area contributed by atoms with Crippen molar-refractivity contribution in [1.82, 2.24) is 15.1 Å². The van der Waals surface area contributed by atoms with Gasteiger partial charge >= 0.3 is 12.0 Å². The number of rotatable bonds is 5. The molecule has 6 heteroatoms.